The van der Waals surface area contributed by atoms with E-state index in [1.54, 1.807) is 5.57 Å². The predicted molar refractivity (Wildman–Crippen MR) is 106 cm³/mol. The Kier molecular flexibility index (Phi) is 4.53. The molecule has 1 heteroatoms. The number of hydrogen-bond donors (Lipinski definition) is 0. The second-order valence-corrected chi connectivity index (χ2v) is 7.94. The Balaban J connectivity index is 1.73. The van der Waals surface area contributed by atoms with E-state index in [-0.39, 0.29) is 0 Å². The summed E-state index contributed by atoms with van der Waals surface area (Å²) in [5.41, 5.74) is 5.89. The third kappa shape index (κ3) is 3.32. The summed E-state index contributed by atoms with van der Waals surface area (Å²) in [6.45, 7) is 2.17. The molecule has 4 rings (SSSR count). The van der Waals surface area contributed by atoms with Gasteiger partial charge < -0.3 is 0 Å². The van der Waals surface area contributed by atoms with Gasteiger partial charge in [0.1, 0.15) is 0 Å². The van der Waals surface area contributed by atoms with Crippen LogP contribution in [0.15, 0.2) is 65.6 Å². The van der Waals surface area contributed by atoms with Gasteiger partial charge in [0.05, 0.1) is 0 Å². The average Bonchev–Trinajstić information content (AvgIpc) is 3.09. The molecule has 24 heavy (non-hydrogen) atoms. The van der Waals surface area contributed by atoms with Crippen molar-refractivity contribution >= 4 is 21.4 Å². The third-order valence-electron chi connectivity index (χ3n) is 5.21. The summed E-state index contributed by atoms with van der Waals surface area (Å²) in [7, 11) is 0. The minimum Gasteiger partial charge on any atom is -0.144 e. The van der Waals surface area contributed by atoms with Crippen molar-refractivity contribution in [1.29, 1.82) is 0 Å². The lowest BCUT2D eigenvalue weighted by Crippen LogP contribution is -2.05. The molecule has 1 aliphatic carbocycles. The highest BCUT2D eigenvalue weighted by Gasteiger charge is 2.18. The second-order valence-electron chi connectivity index (χ2n) is 6.99. The maximum absolute atomic E-state index is 2.49. The largest absolute Gasteiger partial charge is 0.144 e. The summed E-state index contributed by atoms with van der Waals surface area (Å²) in [5.74, 6) is 0.472. The molecule has 0 N–H and O–H groups in total. The summed E-state index contributed by atoms with van der Waals surface area (Å²) < 4.78 is 1.39. The van der Waals surface area contributed by atoms with Crippen LogP contribution in [0.2, 0.25) is 0 Å². The normalized spacial score (nSPS) is 16.1. The fraction of sp³-hybridized carbons (Fsp3) is 0.304. The number of aryl methyl sites for hydroxylation is 1. The molecule has 0 saturated carbocycles. The minimum atomic E-state index is 0.472. The van der Waals surface area contributed by atoms with Crippen LogP contribution in [0.25, 0.3) is 10.1 Å². The molecule has 122 valence electrons. The average molecular weight is 333 g/mol. The Morgan fingerprint density at radius 1 is 0.958 bits per heavy atom. The first-order valence-electron chi connectivity index (χ1n) is 9.01. The first-order chi connectivity index (χ1) is 11.8. The predicted octanol–water partition coefficient (Wildman–Crippen LogP) is 7.23. The smallest absolute Gasteiger partial charge is 0.0342 e. The van der Waals surface area contributed by atoms with Gasteiger partial charge in [-0.1, -0.05) is 47.5 Å². The summed E-state index contributed by atoms with van der Waals surface area (Å²) >= 11 is 1.83. The quantitative estimate of drug-likeness (QED) is 0.442. The lowest BCUT2D eigenvalue weighted by Gasteiger charge is -2.22. The van der Waals surface area contributed by atoms with E-state index < -0.39 is 0 Å². The van der Waals surface area contributed by atoms with E-state index >= 15 is 0 Å². The van der Waals surface area contributed by atoms with Gasteiger partial charge in [-0.15, -0.1) is 11.3 Å². The van der Waals surface area contributed by atoms with Crippen LogP contribution in [0.3, 0.4) is 0 Å². The second kappa shape index (κ2) is 6.94. The van der Waals surface area contributed by atoms with Gasteiger partial charge in [-0.3, -0.25) is 0 Å². The molecule has 0 radical (unpaired) electrons. The van der Waals surface area contributed by atoms with E-state index in [2.05, 4.69) is 66.9 Å². The van der Waals surface area contributed by atoms with E-state index in [1.165, 1.54) is 58.9 Å². The van der Waals surface area contributed by atoms with Crippen molar-refractivity contribution in [3.8, 4) is 0 Å². The van der Waals surface area contributed by atoms with E-state index in [1.807, 2.05) is 11.3 Å². The zero-order valence-electron chi connectivity index (χ0n) is 14.3. The number of allylic oxidation sites excluding steroid dienone is 2. The van der Waals surface area contributed by atoms with Gasteiger partial charge in [0.15, 0.2) is 0 Å². The molecule has 0 nitrogen and oxygen atoms in total. The van der Waals surface area contributed by atoms with Crippen molar-refractivity contribution in [2.75, 3.05) is 0 Å². The van der Waals surface area contributed by atoms with E-state index in [9.17, 15) is 0 Å². The summed E-state index contributed by atoms with van der Waals surface area (Å²) in [6.07, 6.45) is 8.92. The molecule has 0 amide bonds. The van der Waals surface area contributed by atoms with Crippen molar-refractivity contribution in [2.24, 2.45) is 0 Å². The topological polar surface area (TPSA) is 0 Å². The van der Waals surface area contributed by atoms with Crippen molar-refractivity contribution in [2.45, 2.75) is 44.9 Å². The van der Waals surface area contributed by atoms with Crippen LogP contribution in [-0.2, 0) is 0 Å². The highest BCUT2D eigenvalue weighted by Crippen LogP contribution is 2.36. The Labute approximate surface area is 148 Å². The molecule has 0 fully saturated rings. The van der Waals surface area contributed by atoms with Crippen LogP contribution in [-0.4, -0.2) is 0 Å². The fourth-order valence-corrected chi connectivity index (χ4v) is 4.55. The SMILES string of the molecule is Cc1ccc(C(CC2=CCCCC2)c2ccc3sccc3c2)cc1. The molecule has 0 aliphatic heterocycles. The first kappa shape index (κ1) is 15.7. The van der Waals surface area contributed by atoms with Crippen LogP contribution in [0.1, 0.15) is 54.7 Å². The van der Waals surface area contributed by atoms with Crippen LogP contribution < -0.4 is 0 Å². The number of thiophene rings is 1. The highest BCUT2D eigenvalue weighted by molar-refractivity contribution is 7.17. The van der Waals surface area contributed by atoms with Gasteiger partial charge in [-0.05, 0) is 79.1 Å². The van der Waals surface area contributed by atoms with Gasteiger partial charge in [-0.25, -0.2) is 0 Å². The van der Waals surface area contributed by atoms with Gasteiger partial charge in [0.25, 0.3) is 0 Å². The van der Waals surface area contributed by atoms with Crippen molar-refractivity contribution < 1.29 is 0 Å². The molecule has 1 aliphatic rings. The molecule has 0 spiro atoms. The van der Waals surface area contributed by atoms with Gasteiger partial charge in [0.2, 0.25) is 0 Å². The van der Waals surface area contributed by atoms with Gasteiger partial charge in [0, 0.05) is 10.6 Å². The maximum Gasteiger partial charge on any atom is 0.0342 e. The Morgan fingerprint density at radius 2 is 1.79 bits per heavy atom. The Morgan fingerprint density at radius 3 is 2.58 bits per heavy atom. The summed E-state index contributed by atoms with van der Waals surface area (Å²) in [4.78, 5) is 0. The van der Waals surface area contributed by atoms with Crippen LogP contribution in [0.4, 0.5) is 0 Å². The maximum atomic E-state index is 2.49. The molecule has 0 bridgehead atoms. The van der Waals surface area contributed by atoms with Gasteiger partial charge >= 0.3 is 0 Å². The molecular formula is C23H24S. The standard InChI is InChI=1S/C23H24S/c1-17-7-9-19(10-8-17)22(15-18-5-3-2-4-6-18)20-11-12-23-21(16-20)13-14-24-23/h5,7-14,16,22H,2-4,6,15H2,1H3. The molecule has 1 unspecified atom stereocenters. The van der Waals surface area contributed by atoms with Crippen LogP contribution >= 0.6 is 11.3 Å². The van der Waals surface area contributed by atoms with E-state index in [0.717, 1.165) is 0 Å². The fourth-order valence-electron chi connectivity index (χ4n) is 3.78. The molecule has 0 saturated heterocycles. The van der Waals surface area contributed by atoms with E-state index in [4.69, 9.17) is 0 Å². The van der Waals surface area contributed by atoms with Crippen molar-refractivity contribution in [1.82, 2.24) is 0 Å². The highest BCUT2D eigenvalue weighted by atomic mass is 32.1. The van der Waals surface area contributed by atoms with Crippen molar-refractivity contribution in [3.63, 3.8) is 0 Å². The number of hydrogen-bond acceptors (Lipinski definition) is 1. The lowest BCUT2D eigenvalue weighted by atomic mass is 9.82. The van der Waals surface area contributed by atoms with Crippen LogP contribution in [0, 0.1) is 6.92 Å². The minimum absolute atomic E-state index is 0.472. The molecule has 1 heterocycles. The summed E-state index contributed by atoms with van der Waals surface area (Å²) in [6, 6.07) is 18.4. The molecule has 1 aromatic heterocycles. The molecule has 1 atom stereocenters. The number of rotatable bonds is 4. The zero-order valence-corrected chi connectivity index (χ0v) is 15.1. The van der Waals surface area contributed by atoms with E-state index in [0.29, 0.717) is 5.92 Å². The summed E-state index contributed by atoms with van der Waals surface area (Å²) in [5, 5.41) is 3.58. The first-order valence-corrected chi connectivity index (χ1v) is 9.89. The number of fused-ring (bicyclic) bond motifs is 1. The molecular weight excluding hydrogens is 308 g/mol. The number of benzene rings is 2. The Bertz CT molecular complexity index is 851. The lowest BCUT2D eigenvalue weighted by molar-refractivity contribution is 0.653. The molecule has 2 aromatic carbocycles. The molecule has 3 aromatic rings. The van der Waals surface area contributed by atoms with Crippen LogP contribution in [0.5, 0.6) is 0 Å². The van der Waals surface area contributed by atoms with Gasteiger partial charge in [-0.2, -0.15) is 0 Å². The monoisotopic (exact) mass is 332 g/mol. The Hall–Kier alpha value is -1.86. The zero-order chi connectivity index (χ0) is 16.4. The third-order valence-corrected chi connectivity index (χ3v) is 6.11. The van der Waals surface area contributed by atoms with Crippen molar-refractivity contribution in [3.05, 3.63) is 82.3 Å².